The molecule has 2 aromatic carbocycles. The number of sulfonamides is 1. The molecule has 0 aromatic heterocycles. The van der Waals surface area contributed by atoms with E-state index in [0.29, 0.717) is 17.5 Å². The van der Waals surface area contributed by atoms with Crippen molar-refractivity contribution in [3.8, 4) is 0 Å². The Kier molecular flexibility index (Phi) is 5.25. The van der Waals surface area contributed by atoms with Crippen LogP contribution in [0.2, 0.25) is 0 Å². The Labute approximate surface area is 154 Å². The van der Waals surface area contributed by atoms with E-state index in [0.717, 1.165) is 4.90 Å². The Hall–Kier alpha value is -2.39. The van der Waals surface area contributed by atoms with Crippen molar-refractivity contribution in [2.24, 2.45) is 0 Å². The van der Waals surface area contributed by atoms with Gasteiger partial charge in [0.1, 0.15) is 6.54 Å². The zero-order valence-electron chi connectivity index (χ0n) is 14.2. The molecule has 27 heavy (non-hydrogen) atoms. The molecule has 1 amide bonds. The summed E-state index contributed by atoms with van der Waals surface area (Å²) in [4.78, 5) is 12.7. The lowest BCUT2D eigenvalue weighted by Crippen LogP contribution is -2.41. The summed E-state index contributed by atoms with van der Waals surface area (Å²) in [7, 11) is -3.69. The summed E-state index contributed by atoms with van der Waals surface area (Å²) in [5, 5.41) is 0. The van der Waals surface area contributed by atoms with Gasteiger partial charge in [-0.25, -0.2) is 13.1 Å². The number of rotatable bonds is 5. The fourth-order valence-electron chi connectivity index (χ4n) is 2.94. The minimum absolute atomic E-state index is 0.00226. The van der Waals surface area contributed by atoms with E-state index >= 15 is 0 Å². The monoisotopic (exact) mass is 398 g/mol. The van der Waals surface area contributed by atoms with Crippen LogP contribution in [0, 0.1) is 0 Å². The molecule has 0 saturated carbocycles. The quantitative estimate of drug-likeness (QED) is 0.842. The van der Waals surface area contributed by atoms with Crippen LogP contribution in [0.5, 0.6) is 0 Å². The van der Waals surface area contributed by atoms with Crippen molar-refractivity contribution in [2.45, 2.75) is 30.5 Å². The molecule has 0 unspecified atom stereocenters. The van der Waals surface area contributed by atoms with Gasteiger partial charge in [0.25, 0.3) is 0 Å². The van der Waals surface area contributed by atoms with Gasteiger partial charge in [-0.2, -0.15) is 13.2 Å². The number of halogens is 3. The number of nitrogens with one attached hydrogen (secondary N) is 1. The third-order valence-electron chi connectivity index (χ3n) is 4.20. The van der Waals surface area contributed by atoms with Gasteiger partial charge in [-0.1, -0.05) is 30.3 Å². The summed E-state index contributed by atoms with van der Waals surface area (Å²) < 4.78 is 65.2. The van der Waals surface area contributed by atoms with Crippen molar-refractivity contribution in [1.29, 1.82) is 0 Å². The highest BCUT2D eigenvalue weighted by Crippen LogP contribution is 2.31. The van der Waals surface area contributed by atoms with Crippen LogP contribution in [0.25, 0.3) is 0 Å². The molecule has 144 valence electrons. The molecule has 5 nitrogen and oxygen atoms in total. The lowest BCUT2D eigenvalue weighted by Gasteiger charge is -2.30. The first-order chi connectivity index (χ1) is 12.7. The predicted octanol–water partition coefficient (Wildman–Crippen LogP) is 3.01. The lowest BCUT2D eigenvalue weighted by molar-refractivity contribution is -0.132. The van der Waals surface area contributed by atoms with Crippen LogP contribution in [0.1, 0.15) is 17.5 Å². The molecular weight excluding hydrogens is 381 g/mol. The van der Waals surface area contributed by atoms with Crippen molar-refractivity contribution in [1.82, 2.24) is 4.72 Å². The number of hydrogen-bond acceptors (Lipinski definition) is 3. The second-order valence-corrected chi connectivity index (χ2v) is 7.96. The maximum atomic E-state index is 12.7. The summed E-state index contributed by atoms with van der Waals surface area (Å²) in [6.45, 7) is -1.34. The first-order valence-corrected chi connectivity index (χ1v) is 9.68. The number of nitrogens with zero attached hydrogens (tertiary/aromatic N) is 1. The van der Waals surface area contributed by atoms with Crippen molar-refractivity contribution in [3.05, 3.63) is 59.7 Å². The number of carbonyl (C=O) groups is 1. The maximum absolute atomic E-state index is 12.7. The summed E-state index contributed by atoms with van der Waals surface area (Å²) in [5.74, 6) is -0.572. The van der Waals surface area contributed by atoms with Crippen molar-refractivity contribution < 1.29 is 26.4 Å². The van der Waals surface area contributed by atoms with Crippen LogP contribution in [0.4, 0.5) is 18.9 Å². The van der Waals surface area contributed by atoms with Crippen molar-refractivity contribution in [2.75, 3.05) is 11.4 Å². The topological polar surface area (TPSA) is 66.5 Å². The van der Waals surface area contributed by atoms with Gasteiger partial charge >= 0.3 is 6.18 Å². The Bertz CT molecular complexity index is 944. The van der Waals surface area contributed by atoms with Gasteiger partial charge in [-0.05, 0) is 35.7 Å². The highest BCUT2D eigenvalue weighted by atomic mass is 32.2. The molecule has 1 N–H and O–H groups in total. The number of alkyl halides is 3. The molecule has 0 saturated heterocycles. The Morgan fingerprint density at radius 2 is 1.74 bits per heavy atom. The first kappa shape index (κ1) is 19.4. The van der Waals surface area contributed by atoms with Gasteiger partial charge in [0.05, 0.1) is 4.90 Å². The third-order valence-corrected chi connectivity index (χ3v) is 5.62. The highest BCUT2D eigenvalue weighted by Gasteiger charge is 2.36. The predicted molar refractivity (Wildman–Crippen MR) is 93.6 cm³/mol. The fourth-order valence-corrected chi connectivity index (χ4v) is 3.98. The standard InChI is InChI=1S/C18H17F3N2O3S/c19-18(20,21)12-23-16-8-6-13(10-14(16)7-9-17(23)24)11-22-27(25,26)15-4-2-1-3-5-15/h1-6,8,10,22H,7,9,11-12H2. The molecule has 1 aliphatic rings. The van der Waals surface area contributed by atoms with E-state index in [1.165, 1.54) is 24.3 Å². The number of aryl methyl sites for hydroxylation is 1. The average Bonchev–Trinajstić information content (AvgIpc) is 2.62. The van der Waals surface area contributed by atoms with Crippen LogP contribution in [-0.2, 0) is 27.8 Å². The number of fused-ring (bicyclic) bond motifs is 1. The molecule has 0 fully saturated rings. The summed E-state index contributed by atoms with van der Waals surface area (Å²) >= 11 is 0. The van der Waals surface area contributed by atoms with Crippen molar-refractivity contribution in [3.63, 3.8) is 0 Å². The molecule has 0 atom stereocenters. The SMILES string of the molecule is O=C1CCc2cc(CNS(=O)(=O)c3ccccc3)ccc2N1CC(F)(F)F. The highest BCUT2D eigenvalue weighted by molar-refractivity contribution is 7.89. The van der Waals surface area contributed by atoms with Crippen LogP contribution >= 0.6 is 0 Å². The van der Waals surface area contributed by atoms with E-state index in [9.17, 15) is 26.4 Å². The fraction of sp³-hybridized carbons (Fsp3) is 0.278. The zero-order chi connectivity index (χ0) is 19.7. The number of benzene rings is 2. The summed E-state index contributed by atoms with van der Waals surface area (Å²) in [5.41, 5.74) is 1.42. The van der Waals surface area contributed by atoms with E-state index < -0.39 is 28.7 Å². The first-order valence-electron chi connectivity index (χ1n) is 8.19. The smallest absolute Gasteiger partial charge is 0.303 e. The third kappa shape index (κ3) is 4.67. The molecule has 0 spiro atoms. The molecule has 2 aromatic rings. The zero-order valence-corrected chi connectivity index (χ0v) is 15.0. The molecule has 1 aliphatic heterocycles. The van der Waals surface area contributed by atoms with E-state index in [1.807, 2.05) is 0 Å². The summed E-state index contributed by atoms with van der Waals surface area (Å²) in [6, 6.07) is 12.5. The van der Waals surface area contributed by atoms with Gasteiger partial charge < -0.3 is 4.90 Å². The van der Waals surface area contributed by atoms with E-state index in [-0.39, 0.29) is 23.5 Å². The average molecular weight is 398 g/mol. The number of carbonyl (C=O) groups excluding carboxylic acids is 1. The molecule has 3 rings (SSSR count). The number of amides is 1. The molecule has 0 radical (unpaired) electrons. The van der Waals surface area contributed by atoms with Crippen LogP contribution in [0.15, 0.2) is 53.4 Å². The second kappa shape index (κ2) is 7.32. The second-order valence-electron chi connectivity index (χ2n) is 6.20. The minimum atomic E-state index is -4.49. The molecular formula is C18H17F3N2O3S. The van der Waals surface area contributed by atoms with Crippen molar-refractivity contribution >= 4 is 21.6 Å². The van der Waals surface area contributed by atoms with E-state index in [1.54, 1.807) is 24.3 Å². The van der Waals surface area contributed by atoms with Gasteiger partial charge in [0.2, 0.25) is 15.9 Å². The number of anilines is 1. The van der Waals surface area contributed by atoms with Crippen LogP contribution < -0.4 is 9.62 Å². The number of hydrogen-bond donors (Lipinski definition) is 1. The van der Waals surface area contributed by atoms with Gasteiger partial charge in [-0.3, -0.25) is 4.79 Å². The minimum Gasteiger partial charge on any atom is -0.303 e. The summed E-state index contributed by atoms with van der Waals surface area (Å²) in [6.07, 6.45) is -4.18. The van der Waals surface area contributed by atoms with Gasteiger partial charge in [-0.15, -0.1) is 0 Å². The largest absolute Gasteiger partial charge is 0.406 e. The normalized spacial score (nSPS) is 14.9. The van der Waals surface area contributed by atoms with Crippen LogP contribution in [0.3, 0.4) is 0 Å². The Morgan fingerprint density at radius 3 is 2.41 bits per heavy atom. The van der Waals surface area contributed by atoms with Gasteiger partial charge in [0, 0.05) is 18.7 Å². The maximum Gasteiger partial charge on any atom is 0.406 e. The van der Waals surface area contributed by atoms with Crippen LogP contribution in [-0.4, -0.2) is 27.0 Å². The molecule has 0 aliphatic carbocycles. The molecule has 9 heteroatoms. The van der Waals surface area contributed by atoms with E-state index in [4.69, 9.17) is 0 Å². The molecule has 0 bridgehead atoms. The molecule has 1 heterocycles. The Balaban J connectivity index is 1.77. The van der Waals surface area contributed by atoms with Gasteiger partial charge in [0.15, 0.2) is 0 Å². The Morgan fingerprint density at radius 1 is 1.04 bits per heavy atom. The van der Waals surface area contributed by atoms with E-state index in [2.05, 4.69) is 4.72 Å². The lowest BCUT2D eigenvalue weighted by atomic mass is 9.98.